The van der Waals surface area contributed by atoms with Crippen LogP contribution in [0, 0.1) is 10.1 Å². The van der Waals surface area contributed by atoms with E-state index in [1.54, 1.807) is 20.2 Å². The van der Waals surface area contributed by atoms with Crippen molar-refractivity contribution in [3.05, 3.63) is 28.3 Å². The Hall–Kier alpha value is -2.64. The molecule has 0 radical (unpaired) electrons. The summed E-state index contributed by atoms with van der Waals surface area (Å²) in [4.78, 5) is 30.3. The van der Waals surface area contributed by atoms with Gasteiger partial charge in [-0.15, -0.1) is 0 Å². The van der Waals surface area contributed by atoms with Crippen molar-refractivity contribution in [3.63, 3.8) is 0 Å². The highest BCUT2D eigenvalue weighted by Gasteiger charge is 2.10. The van der Waals surface area contributed by atoms with Gasteiger partial charge in [-0.25, -0.2) is 4.98 Å². The first-order chi connectivity index (χ1) is 9.47. The molecule has 1 heterocycles. The average Bonchev–Trinajstić information content (AvgIpc) is 2.79. The number of hydrogen-bond acceptors (Lipinski definition) is 5. The van der Waals surface area contributed by atoms with Gasteiger partial charge < -0.3 is 15.2 Å². The summed E-state index contributed by atoms with van der Waals surface area (Å²) in [6, 6.07) is 4.42. The molecule has 0 atom stereocenters. The minimum absolute atomic E-state index is 0.00971. The molecule has 0 spiro atoms. The third-order valence-electron chi connectivity index (χ3n) is 2.81. The average molecular weight is 277 g/mol. The Kier molecular flexibility index (Phi) is 3.83. The quantitative estimate of drug-likeness (QED) is 0.634. The molecule has 0 bridgehead atoms. The van der Waals surface area contributed by atoms with Crippen molar-refractivity contribution < 1.29 is 9.72 Å². The Bertz CT molecular complexity index is 650. The number of imidazole rings is 1. The summed E-state index contributed by atoms with van der Waals surface area (Å²) in [6.07, 6.45) is 0.351. The molecule has 106 valence electrons. The zero-order valence-electron chi connectivity index (χ0n) is 11.2. The number of non-ortho nitro benzene ring substituents is 1. The fourth-order valence-corrected chi connectivity index (χ4v) is 1.71. The number of aromatic amines is 1. The van der Waals surface area contributed by atoms with Gasteiger partial charge >= 0.3 is 0 Å². The van der Waals surface area contributed by atoms with Crippen molar-refractivity contribution in [2.45, 2.75) is 6.42 Å². The minimum atomic E-state index is -0.455. The summed E-state index contributed by atoms with van der Waals surface area (Å²) < 4.78 is 0. The van der Waals surface area contributed by atoms with E-state index in [2.05, 4.69) is 15.3 Å². The van der Waals surface area contributed by atoms with Crippen LogP contribution in [0.25, 0.3) is 11.0 Å². The lowest BCUT2D eigenvalue weighted by atomic mass is 10.3. The molecule has 0 aliphatic rings. The van der Waals surface area contributed by atoms with Gasteiger partial charge in [-0.1, -0.05) is 0 Å². The zero-order chi connectivity index (χ0) is 14.7. The number of rotatable bonds is 5. The van der Waals surface area contributed by atoms with E-state index in [4.69, 9.17) is 0 Å². The summed E-state index contributed by atoms with van der Waals surface area (Å²) in [5.74, 6) is 0.510. The van der Waals surface area contributed by atoms with Gasteiger partial charge in [-0.2, -0.15) is 0 Å². The predicted molar refractivity (Wildman–Crippen MR) is 74.5 cm³/mol. The number of nitrogens with zero attached hydrogens (tertiary/aromatic N) is 3. The van der Waals surface area contributed by atoms with Gasteiger partial charge in [0.1, 0.15) is 0 Å². The summed E-state index contributed by atoms with van der Waals surface area (Å²) in [5, 5.41) is 13.7. The smallest absolute Gasteiger partial charge is 0.271 e. The van der Waals surface area contributed by atoms with E-state index >= 15 is 0 Å². The fourth-order valence-electron chi connectivity index (χ4n) is 1.71. The number of H-pyrrole nitrogens is 1. The van der Waals surface area contributed by atoms with Crippen LogP contribution in [-0.4, -0.2) is 46.3 Å². The zero-order valence-corrected chi connectivity index (χ0v) is 11.2. The van der Waals surface area contributed by atoms with Gasteiger partial charge in [-0.05, 0) is 6.07 Å². The summed E-state index contributed by atoms with van der Waals surface area (Å²) >= 11 is 0. The number of nitro benzene ring substituents is 1. The molecule has 1 amide bonds. The molecule has 8 nitrogen and oxygen atoms in total. The van der Waals surface area contributed by atoms with E-state index in [1.165, 1.54) is 17.0 Å². The number of carbonyl (C=O) groups is 1. The Labute approximate surface area is 114 Å². The first kappa shape index (κ1) is 13.8. The van der Waals surface area contributed by atoms with Crippen LogP contribution in [-0.2, 0) is 4.79 Å². The van der Waals surface area contributed by atoms with E-state index in [0.717, 1.165) is 0 Å². The number of fused-ring (bicyclic) bond motifs is 1. The van der Waals surface area contributed by atoms with E-state index in [9.17, 15) is 14.9 Å². The van der Waals surface area contributed by atoms with Crippen molar-refractivity contribution in [2.75, 3.05) is 26.0 Å². The predicted octanol–water partition coefficient (Wildman–Crippen LogP) is 1.36. The second kappa shape index (κ2) is 5.55. The topological polar surface area (TPSA) is 104 Å². The Morgan fingerprint density at radius 2 is 2.25 bits per heavy atom. The maximum absolute atomic E-state index is 11.4. The molecular formula is C12H15N5O3. The molecule has 0 fully saturated rings. The SMILES string of the molecule is CN(C)C(=O)CCNc1nc2ccc([N+](=O)[O-])cc2[nH]1. The first-order valence-corrected chi connectivity index (χ1v) is 6.05. The van der Waals surface area contributed by atoms with E-state index in [0.29, 0.717) is 29.9 Å². The molecule has 2 rings (SSSR count). The third kappa shape index (κ3) is 3.02. The molecule has 1 aromatic heterocycles. The monoisotopic (exact) mass is 277 g/mol. The van der Waals surface area contributed by atoms with Crippen LogP contribution in [0.15, 0.2) is 18.2 Å². The Morgan fingerprint density at radius 3 is 2.90 bits per heavy atom. The maximum atomic E-state index is 11.4. The van der Waals surface area contributed by atoms with Crippen LogP contribution in [0.5, 0.6) is 0 Å². The summed E-state index contributed by atoms with van der Waals surface area (Å²) in [6.45, 7) is 0.443. The highest BCUT2D eigenvalue weighted by Crippen LogP contribution is 2.20. The minimum Gasteiger partial charge on any atom is -0.355 e. The molecule has 2 N–H and O–H groups in total. The van der Waals surface area contributed by atoms with Crippen molar-refractivity contribution in [3.8, 4) is 0 Å². The molecule has 2 aromatic rings. The van der Waals surface area contributed by atoms with Crippen molar-refractivity contribution >= 4 is 28.6 Å². The van der Waals surface area contributed by atoms with Gasteiger partial charge in [0.15, 0.2) is 0 Å². The molecule has 0 saturated heterocycles. The third-order valence-corrected chi connectivity index (χ3v) is 2.81. The van der Waals surface area contributed by atoms with Gasteiger partial charge in [0.05, 0.1) is 16.0 Å². The van der Waals surface area contributed by atoms with E-state index in [1.807, 2.05) is 0 Å². The highest BCUT2D eigenvalue weighted by atomic mass is 16.6. The van der Waals surface area contributed by atoms with Gasteiger partial charge in [-0.3, -0.25) is 14.9 Å². The van der Waals surface area contributed by atoms with E-state index in [-0.39, 0.29) is 11.6 Å². The van der Waals surface area contributed by atoms with Gasteiger partial charge in [0, 0.05) is 39.2 Å². The lowest BCUT2D eigenvalue weighted by Crippen LogP contribution is -2.24. The number of anilines is 1. The van der Waals surface area contributed by atoms with Crippen LogP contribution >= 0.6 is 0 Å². The van der Waals surface area contributed by atoms with Crippen molar-refractivity contribution in [2.24, 2.45) is 0 Å². The van der Waals surface area contributed by atoms with E-state index < -0.39 is 4.92 Å². The fraction of sp³-hybridized carbons (Fsp3) is 0.333. The van der Waals surface area contributed by atoms with Crippen LogP contribution in [0.2, 0.25) is 0 Å². The second-order valence-electron chi connectivity index (χ2n) is 4.51. The number of hydrogen-bond donors (Lipinski definition) is 2. The number of aromatic nitrogens is 2. The number of nitrogens with one attached hydrogen (secondary N) is 2. The molecule has 20 heavy (non-hydrogen) atoms. The van der Waals surface area contributed by atoms with Crippen LogP contribution in [0.3, 0.4) is 0 Å². The highest BCUT2D eigenvalue weighted by molar-refractivity contribution is 5.80. The molecule has 1 aromatic carbocycles. The van der Waals surface area contributed by atoms with Crippen LogP contribution < -0.4 is 5.32 Å². The molecule has 0 unspecified atom stereocenters. The second-order valence-corrected chi connectivity index (χ2v) is 4.51. The standard InChI is InChI=1S/C12H15N5O3/c1-16(2)11(18)5-6-13-12-14-9-4-3-8(17(19)20)7-10(9)15-12/h3-4,7H,5-6H2,1-2H3,(H2,13,14,15). The lowest BCUT2D eigenvalue weighted by molar-refractivity contribution is -0.384. The summed E-state index contributed by atoms with van der Waals surface area (Å²) in [5.41, 5.74) is 1.23. The first-order valence-electron chi connectivity index (χ1n) is 6.05. The molecule has 0 aliphatic heterocycles. The molecule has 0 saturated carbocycles. The number of amides is 1. The normalized spacial score (nSPS) is 10.5. The Morgan fingerprint density at radius 1 is 1.50 bits per heavy atom. The number of carbonyl (C=O) groups excluding carboxylic acids is 1. The van der Waals surface area contributed by atoms with Gasteiger partial charge in [0.2, 0.25) is 11.9 Å². The number of benzene rings is 1. The lowest BCUT2D eigenvalue weighted by Gasteiger charge is -2.09. The van der Waals surface area contributed by atoms with Crippen LogP contribution in [0.4, 0.5) is 11.6 Å². The maximum Gasteiger partial charge on any atom is 0.271 e. The molecule has 8 heteroatoms. The summed E-state index contributed by atoms with van der Waals surface area (Å²) in [7, 11) is 3.39. The largest absolute Gasteiger partial charge is 0.355 e. The van der Waals surface area contributed by atoms with Gasteiger partial charge in [0.25, 0.3) is 5.69 Å². The molecule has 0 aliphatic carbocycles. The Balaban J connectivity index is 2.05. The van der Waals surface area contributed by atoms with Crippen molar-refractivity contribution in [1.82, 2.24) is 14.9 Å². The van der Waals surface area contributed by atoms with Crippen LogP contribution in [0.1, 0.15) is 6.42 Å². The molecular weight excluding hydrogens is 262 g/mol. The van der Waals surface area contributed by atoms with Crippen molar-refractivity contribution in [1.29, 1.82) is 0 Å². The number of nitro groups is 1.